The number of sulfonamides is 1. The lowest BCUT2D eigenvalue weighted by Gasteiger charge is -2.04. The van der Waals surface area contributed by atoms with Gasteiger partial charge in [-0.05, 0) is 31.2 Å². The Kier molecular flexibility index (Phi) is 4.10. The van der Waals surface area contributed by atoms with E-state index >= 15 is 0 Å². The van der Waals surface area contributed by atoms with Crippen molar-refractivity contribution in [1.29, 1.82) is 0 Å². The van der Waals surface area contributed by atoms with Gasteiger partial charge in [-0.2, -0.15) is 0 Å². The maximum Gasteiger partial charge on any atom is 0.242 e. The monoisotopic (exact) mass is 392 g/mol. The topological polar surface area (TPSA) is 101 Å². The van der Waals surface area contributed by atoms with E-state index in [-0.39, 0.29) is 17.3 Å². The van der Waals surface area contributed by atoms with Gasteiger partial charge in [0.25, 0.3) is 0 Å². The zero-order valence-corrected chi connectivity index (χ0v) is 15.1. The number of hydrogen-bond donors (Lipinski definition) is 2. The Labute approximate surface area is 151 Å². The maximum absolute atomic E-state index is 13.2. The molecule has 7 nitrogen and oxygen atoms in total. The Morgan fingerprint density at radius 3 is 2.92 bits per heavy atom. The number of benzene rings is 1. The largest absolute Gasteiger partial charge is 0.355 e. The predicted octanol–water partition coefficient (Wildman–Crippen LogP) is 3.21. The summed E-state index contributed by atoms with van der Waals surface area (Å²) < 4.78 is 46.1. The maximum atomic E-state index is 13.2. The number of halogens is 1. The fourth-order valence-corrected chi connectivity index (χ4v) is 5.09. The van der Waals surface area contributed by atoms with Crippen LogP contribution < -0.4 is 4.72 Å². The molecule has 0 fully saturated rings. The van der Waals surface area contributed by atoms with Crippen LogP contribution in [0.2, 0.25) is 0 Å². The van der Waals surface area contributed by atoms with Crippen molar-refractivity contribution in [2.75, 3.05) is 0 Å². The van der Waals surface area contributed by atoms with Crippen LogP contribution in [0, 0.1) is 12.7 Å². The van der Waals surface area contributed by atoms with Gasteiger partial charge in [0, 0.05) is 10.9 Å². The molecule has 3 heterocycles. The third-order valence-corrected chi connectivity index (χ3v) is 6.49. The van der Waals surface area contributed by atoms with Crippen LogP contribution in [0.25, 0.3) is 21.7 Å². The number of imidazole rings is 1. The molecule has 134 valence electrons. The van der Waals surface area contributed by atoms with Gasteiger partial charge < -0.3 is 9.51 Å². The molecule has 0 saturated carbocycles. The van der Waals surface area contributed by atoms with Crippen molar-refractivity contribution in [1.82, 2.24) is 19.8 Å². The van der Waals surface area contributed by atoms with Gasteiger partial charge in [0.05, 0.1) is 33.5 Å². The second kappa shape index (κ2) is 6.31. The number of H-pyrrole nitrogens is 1. The zero-order chi connectivity index (χ0) is 18.3. The van der Waals surface area contributed by atoms with Crippen LogP contribution in [0.1, 0.15) is 10.7 Å². The van der Waals surface area contributed by atoms with Gasteiger partial charge >= 0.3 is 0 Å². The highest BCUT2D eigenvalue weighted by atomic mass is 32.2. The lowest BCUT2D eigenvalue weighted by atomic mass is 10.3. The second-order valence-corrected chi connectivity index (χ2v) is 8.57. The normalized spacial score (nSPS) is 12.1. The number of nitrogens with one attached hydrogen (secondary N) is 2. The highest BCUT2D eigenvalue weighted by molar-refractivity contribution is 7.89. The van der Waals surface area contributed by atoms with Crippen LogP contribution in [0.5, 0.6) is 0 Å². The molecule has 0 aliphatic rings. The summed E-state index contributed by atoms with van der Waals surface area (Å²) in [5.74, 6) is 0.526. The molecule has 0 bridgehead atoms. The Balaban J connectivity index is 1.57. The van der Waals surface area contributed by atoms with Gasteiger partial charge in [-0.25, -0.2) is 22.5 Å². The molecule has 4 aromatic rings. The molecule has 2 N–H and O–H groups in total. The number of aryl methyl sites for hydroxylation is 1. The minimum atomic E-state index is -3.74. The van der Waals surface area contributed by atoms with Gasteiger partial charge in [-0.3, -0.25) is 0 Å². The zero-order valence-electron chi connectivity index (χ0n) is 13.5. The highest BCUT2D eigenvalue weighted by Crippen LogP contribution is 2.33. The van der Waals surface area contributed by atoms with Gasteiger partial charge in [-0.1, -0.05) is 5.16 Å². The molecule has 0 saturated heterocycles. The van der Waals surface area contributed by atoms with E-state index in [1.165, 1.54) is 35.7 Å². The summed E-state index contributed by atoms with van der Waals surface area (Å²) in [6, 6.07) is 7.37. The molecule has 1 aromatic carbocycles. The molecule has 0 amide bonds. The summed E-state index contributed by atoms with van der Waals surface area (Å²) in [5, 5.41) is 3.63. The van der Waals surface area contributed by atoms with Gasteiger partial charge in [-0.15, -0.1) is 11.3 Å². The van der Waals surface area contributed by atoms with Crippen molar-refractivity contribution in [2.45, 2.75) is 18.4 Å². The van der Waals surface area contributed by atoms with E-state index in [9.17, 15) is 12.8 Å². The van der Waals surface area contributed by atoms with Crippen molar-refractivity contribution in [3.63, 3.8) is 0 Å². The fraction of sp³-hybridized carbons (Fsp3) is 0.125. The lowest BCUT2D eigenvalue weighted by molar-refractivity contribution is 0.433. The summed E-state index contributed by atoms with van der Waals surface area (Å²) >= 11 is 1.31. The first-order valence-corrected chi connectivity index (χ1v) is 9.88. The summed E-state index contributed by atoms with van der Waals surface area (Å²) in [5.41, 5.74) is 1.08. The smallest absolute Gasteiger partial charge is 0.242 e. The molecule has 0 aliphatic carbocycles. The second-order valence-electron chi connectivity index (χ2n) is 5.58. The number of fused-ring (bicyclic) bond motifs is 1. The summed E-state index contributed by atoms with van der Waals surface area (Å²) in [6.07, 6.45) is 1.50. The lowest BCUT2D eigenvalue weighted by Crippen LogP contribution is -2.23. The van der Waals surface area contributed by atoms with Crippen molar-refractivity contribution in [3.8, 4) is 10.6 Å². The molecule has 0 aliphatic heterocycles. The molecule has 26 heavy (non-hydrogen) atoms. The number of rotatable bonds is 5. The Hall–Kier alpha value is -2.56. The molecule has 0 unspecified atom stereocenters. The van der Waals surface area contributed by atoms with Gasteiger partial charge in [0.1, 0.15) is 11.6 Å². The first-order chi connectivity index (χ1) is 12.4. The number of hydrogen-bond acceptors (Lipinski definition) is 6. The molecular weight excluding hydrogens is 379 g/mol. The summed E-state index contributed by atoms with van der Waals surface area (Å²) in [4.78, 5) is 8.64. The van der Waals surface area contributed by atoms with E-state index in [0.29, 0.717) is 32.4 Å². The molecule has 3 aromatic heterocycles. The molecular formula is C16H13FN4O3S2. The van der Waals surface area contributed by atoms with Crippen LogP contribution >= 0.6 is 11.3 Å². The standard InChI is InChI=1S/C16H13FN4O3S2/c1-9-15(7-14(25-9)13-4-5-18-24-13)26(22,23)19-8-16-20-11-3-2-10(17)6-12(11)21-16/h2-7,19H,8H2,1H3,(H,20,21). The predicted molar refractivity (Wildman–Crippen MR) is 94.6 cm³/mol. The van der Waals surface area contributed by atoms with Crippen molar-refractivity contribution in [3.05, 3.63) is 53.0 Å². The molecule has 0 spiro atoms. The Morgan fingerprint density at radius 1 is 1.31 bits per heavy atom. The Morgan fingerprint density at radius 2 is 2.15 bits per heavy atom. The molecule has 10 heteroatoms. The van der Waals surface area contributed by atoms with E-state index in [2.05, 4.69) is 19.8 Å². The van der Waals surface area contributed by atoms with Crippen molar-refractivity contribution < 1.29 is 17.3 Å². The van der Waals surface area contributed by atoms with Gasteiger partial charge in [0.2, 0.25) is 10.0 Å². The minimum absolute atomic E-state index is 0.0362. The van der Waals surface area contributed by atoms with E-state index in [1.807, 2.05) is 0 Å². The van der Waals surface area contributed by atoms with Crippen LogP contribution in [0.4, 0.5) is 4.39 Å². The molecule has 0 radical (unpaired) electrons. The minimum Gasteiger partial charge on any atom is -0.355 e. The molecule has 0 atom stereocenters. The first kappa shape index (κ1) is 16.9. The van der Waals surface area contributed by atoms with Gasteiger partial charge in [0.15, 0.2) is 5.76 Å². The number of nitrogens with zero attached hydrogens (tertiary/aromatic N) is 2. The van der Waals surface area contributed by atoms with Crippen LogP contribution in [0.3, 0.4) is 0 Å². The quantitative estimate of drug-likeness (QED) is 0.543. The van der Waals surface area contributed by atoms with E-state index in [1.54, 1.807) is 19.1 Å². The first-order valence-electron chi connectivity index (χ1n) is 7.58. The SMILES string of the molecule is Cc1sc(-c2ccno2)cc1S(=O)(=O)NCc1nc2ccc(F)cc2[nH]1. The van der Waals surface area contributed by atoms with E-state index in [4.69, 9.17) is 4.52 Å². The number of thiophene rings is 1. The van der Waals surface area contributed by atoms with Crippen molar-refractivity contribution >= 4 is 32.4 Å². The third-order valence-electron chi connectivity index (χ3n) is 3.77. The highest BCUT2D eigenvalue weighted by Gasteiger charge is 2.21. The Bertz CT molecular complexity index is 1180. The summed E-state index contributed by atoms with van der Waals surface area (Å²) in [6.45, 7) is 1.69. The average Bonchev–Trinajstić information content (AvgIpc) is 3.31. The van der Waals surface area contributed by atoms with E-state index in [0.717, 1.165) is 0 Å². The third kappa shape index (κ3) is 3.14. The van der Waals surface area contributed by atoms with Crippen molar-refractivity contribution in [2.24, 2.45) is 0 Å². The summed E-state index contributed by atoms with van der Waals surface area (Å²) in [7, 11) is -3.74. The van der Waals surface area contributed by atoms with Crippen LogP contribution in [-0.2, 0) is 16.6 Å². The number of aromatic nitrogens is 3. The van der Waals surface area contributed by atoms with E-state index < -0.39 is 10.0 Å². The average molecular weight is 392 g/mol. The molecule has 4 rings (SSSR count). The number of aromatic amines is 1. The fourth-order valence-electron chi connectivity index (χ4n) is 2.56. The van der Waals surface area contributed by atoms with Crippen LogP contribution in [-0.4, -0.2) is 23.5 Å². The van der Waals surface area contributed by atoms with Crippen LogP contribution in [0.15, 0.2) is 45.9 Å².